The maximum Gasteiger partial charge on any atom is 0.317 e. The van der Waals surface area contributed by atoms with Crippen molar-refractivity contribution in [1.82, 2.24) is 31.1 Å². The lowest BCUT2D eigenvalue weighted by atomic mass is 9.73. The van der Waals surface area contributed by atoms with Gasteiger partial charge in [0.2, 0.25) is 0 Å². The number of aliphatic hydroxyl groups is 1. The second-order valence-electron chi connectivity index (χ2n) is 13.6. The van der Waals surface area contributed by atoms with E-state index in [1.807, 2.05) is 51.0 Å². The fourth-order valence-electron chi connectivity index (χ4n) is 6.74. The predicted octanol–water partition coefficient (Wildman–Crippen LogP) is 5.44. The highest BCUT2D eigenvalue weighted by Crippen LogP contribution is 2.44. The number of carbonyl (C=O) groups is 2. The number of hydrogen-bond donors (Lipinski definition) is 5. The Morgan fingerprint density at radius 2 is 1.54 bits per heavy atom. The molecule has 2 aliphatic rings. The lowest BCUT2D eigenvalue weighted by molar-refractivity contribution is -0.0574. The van der Waals surface area contributed by atoms with Gasteiger partial charge < -0.3 is 45.6 Å². The summed E-state index contributed by atoms with van der Waals surface area (Å²) >= 11 is 0. The van der Waals surface area contributed by atoms with E-state index in [0.29, 0.717) is 49.7 Å². The molecule has 11 nitrogen and oxygen atoms in total. The summed E-state index contributed by atoms with van der Waals surface area (Å²) in [6, 6.07) is 13.5. The van der Waals surface area contributed by atoms with Gasteiger partial charge in [-0.3, -0.25) is 0 Å². The van der Waals surface area contributed by atoms with Crippen LogP contribution in [0, 0.1) is 11.7 Å². The van der Waals surface area contributed by atoms with E-state index in [9.17, 15) is 19.1 Å². The molecule has 2 aliphatic heterocycles. The van der Waals surface area contributed by atoms with Crippen LogP contribution in [0.15, 0.2) is 48.5 Å². The number of benzene rings is 2. The average Bonchev–Trinajstić information content (AvgIpc) is 3.11. The van der Waals surface area contributed by atoms with Crippen LogP contribution in [0.25, 0.3) is 0 Å². The van der Waals surface area contributed by atoms with Crippen molar-refractivity contribution < 1.29 is 28.6 Å². The zero-order chi connectivity index (χ0) is 36.4. The average molecular weight is 701 g/mol. The van der Waals surface area contributed by atoms with Crippen molar-refractivity contribution in [3.8, 4) is 11.5 Å². The molecule has 0 unspecified atom stereocenters. The topological polar surface area (TPSA) is 127 Å². The van der Waals surface area contributed by atoms with Gasteiger partial charge in [-0.2, -0.15) is 0 Å². The highest BCUT2D eigenvalue weighted by Gasteiger charge is 2.43. The third kappa shape index (κ3) is 13.0. The van der Waals surface area contributed by atoms with E-state index in [4.69, 9.17) is 9.47 Å². The minimum absolute atomic E-state index is 0.00352. The number of carbonyl (C=O) groups excluding carboxylic acids is 2. The third-order valence-electron chi connectivity index (χ3n) is 9.32. The maximum absolute atomic E-state index is 13.8. The summed E-state index contributed by atoms with van der Waals surface area (Å²) in [4.78, 5) is 28.3. The highest BCUT2D eigenvalue weighted by molar-refractivity contribution is 5.75. The first-order valence-electron chi connectivity index (χ1n) is 18.3. The Hall–Kier alpha value is -3.45. The molecular formula is C38H61FN6O5. The molecule has 0 bridgehead atoms. The van der Waals surface area contributed by atoms with Crippen molar-refractivity contribution in [1.29, 1.82) is 0 Å². The summed E-state index contributed by atoms with van der Waals surface area (Å²) in [5.74, 6) is 0.284. The maximum atomic E-state index is 13.8. The highest BCUT2D eigenvalue weighted by atomic mass is 19.1. The Kier molecular flexibility index (Phi) is 17.8. The quantitative estimate of drug-likeness (QED) is 0.157. The molecule has 12 heteroatoms. The van der Waals surface area contributed by atoms with E-state index in [-0.39, 0.29) is 35.9 Å². The van der Waals surface area contributed by atoms with Crippen molar-refractivity contribution >= 4 is 12.1 Å². The molecule has 0 saturated carbocycles. The van der Waals surface area contributed by atoms with Crippen LogP contribution in [0.4, 0.5) is 14.0 Å². The van der Waals surface area contributed by atoms with Crippen molar-refractivity contribution in [2.75, 3.05) is 67.1 Å². The van der Waals surface area contributed by atoms with Gasteiger partial charge in [-0.15, -0.1) is 0 Å². The van der Waals surface area contributed by atoms with Gasteiger partial charge in [0.25, 0.3) is 0 Å². The molecule has 4 atom stereocenters. The van der Waals surface area contributed by atoms with Crippen molar-refractivity contribution in [2.45, 2.75) is 82.9 Å². The van der Waals surface area contributed by atoms with Gasteiger partial charge in [0.05, 0.1) is 5.60 Å². The van der Waals surface area contributed by atoms with Gasteiger partial charge in [0.1, 0.15) is 17.3 Å². The molecule has 2 saturated heterocycles. The summed E-state index contributed by atoms with van der Waals surface area (Å²) in [6.07, 6.45) is 7.19. The fourth-order valence-corrected chi connectivity index (χ4v) is 6.74. The molecule has 0 spiro atoms. The third-order valence-corrected chi connectivity index (χ3v) is 9.32. The number of likely N-dealkylation sites (N-methyl/N-ethyl adjacent to an activating group) is 2. The summed E-state index contributed by atoms with van der Waals surface area (Å²) in [5.41, 5.74) is -0.574. The number of nitrogens with zero attached hydrogens (tertiary/aromatic N) is 2. The molecule has 2 heterocycles. The lowest BCUT2D eigenvalue weighted by Gasteiger charge is -2.43. The standard InChI is InChI=1S/C28H40FN3O4.C10H21N3O/c1-21(19-30-2)31-27(33)32-16-9-10-22(20-32)28(34,15-6-7-17-35-3)25-13-4-5-14-26(25)36-24-12-8-11-23(29)18-24;1-9(8-11-2)12-10(14)13-6-4-3-5-7-13/h4-5,8,11-14,18,21-22,30,34H,6-7,9-10,15-17,19-20H2,1-3H3,(H,31,33);9,11H,3-8H2,1-2H3,(H,12,14)/t21-,22+,28-;9-/m00/s1. The number of methoxy groups -OCH3 is 1. The van der Waals surface area contributed by atoms with Gasteiger partial charge in [0.15, 0.2) is 0 Å². The monoisotopic (exact) mass is 700 g/mol. The second-order valence-corrected chi connectivity index (χ2v) is 13.6. The smallest absolute Gasteiger partial charge is 0.317 e. The number of para-hydroxylation sites is 1. The van der Waals surface area contributed by atoms with Crippen LogP contribution < -0.4 is 26.0 Å². The minimum Gasteiger partial charge on any atom is -0.457 e. The molecule has 50 heavy (non-hydrogen) atoms. The first-order chi connectivity index (χ1) is 24.1. The molecular weight excluding hydrogens is 639 g/mol. The second kappa shape index (κ2) is 21.7. The number of halogens is 1. The van der Waals surface area contributed by atoms with E-state index in [2.05, 4.69) is 21.3 Å². The van der Waals surface area contributed by atoms with Gasteiger partial charge in [-0.25, -0.2) is 14.0 Å². The molecule has 0 aliphatic carbocycles. The number of amides is 4. The summed E-state index contributed by atoms with van der Waals surface area (Å²) in [5, 5.41) is 24.5. The molecule has 2 aromatic carbocycles. The Labute approximate surface area is 298 Å². The first kappa shape index (κ1) is 41.0. The van der Waals surface area contributed by atoms with Crippen LogP contribution in [0.2, 0.25) is 0 Å². The first-order valence-corrected chi connectivity index (χ1v) is 18.3. The number of unbranched alkanes of at least 4 members (excludes halogenated alkanes) is 1. The fraction of sp³-hybridized carbons (Fsp3) is 0.632. The summed E-state index contributed by atoms with van der Waals surface area (Å²) < 4.78 is 25.1. The van der Waals surface area contributed by atoms with Crippen molar-refractivity contribution in [3.63, 3.8) is 0 Å². The Morgan fingerprint density at radius 3 is 2.18 bits per heavy atom. The van der Waals surface area contributed by atoms with Gasteiger partial charge >= 0.3 is 12.1 Å². The van der Waals surface area contributed by atoms with E-state index in [1.165, 1.54) is 18.6 Å². The van der Waals surface area contributed by atoms with Crippen LogP contribution >= 0.6 is 0 Å². The molecule has 0 aromatic heterocycles. The number of piperidine rings is 2. The number of hydrogen-bond acceptors (Lipinski definition) is 7. The minimum atomic E-state index is -1.23. The van der Waals surface area contributed by atoms with Crippen LogP contribution in [0.5, 0.6) is 11.5 Å². The Bertz CT molecular complexity index is 1300. The van der Waals surface area contributed by atoms with E-state index in [0.717, 1.165) is 58.2 Å². The Balaban J connectivity index is 0.000000403. The van der Waals surface area contributed by atoms with Crippen molar-refractivity contribution in [3.05, 3.63) is 59.9 Å². The molecule has 4 rings (SSSR count). The van der Waals surface area contributed by atoms with Crippen LogP contribution in [-0.4, -0.2) is 106 Å². The van der Waals surface area contributed by atoms with Gasteiger partial charge in [-0.05, 0) is 97.5 Å². The number of nitrogens with one attached hydrogen (secondary N) is 4. The zero-order valence-corrected chi connectivity index (χ0v) is 30.8. The predicted molar refractivity (Wildman–Crippen MR) is 196 cm³/mol. The SMILES string of the molecule is CNC[C@H](C)NC(=O)N1CCCCC1.CNC[C@H](C)NC(=O)N1CCC[C@@H]([C@@](O)(CCCCOC)c2ccccc2Oc2cccc(F)c2)C1. The van der Waals surface area contributed by atoms with Crippen LogP contribution in [0.1, 0.15) is 70.8 Å². The molecule has 5 N–H and O–H groups in total. The van der Waals surface area contributed by atoms with E-state index < -0.39 is 5.60 Å². The number of urea groups is 2. The molecule has 0 radical (unpaired) electrons. The zero-order valence-electron chi connectivity index (χ0n) is 30.8. The normalized spacial score (nSPS) is 18.6. The molecule has 4 amide bonds. The van der Waals surface area contributed by atoms with Crippen LogP contribution in [-0.2, 0) is 10.3 Å². The summed E-state index contributed by atoms with van der Waals surface area (Å²) in [7, 11) is 5.41. The lowest BCUT2D eigenvalue weighted by Crippen LogP contribution is -2.53. The molecule has 2 fully saturated rings. The number of ether oxygens (including phenoxy) is 2. The number of rotatable bonds is 15. The van der Waals surface area contributed by atoms with E-state index in [1.54, 1.807) is 30.2 Å². The van der Waals surface area contributed by atoms with Gasteiger partial charge in [-0.1, -0.05) is 24.3 Å². The largest absolute Gasteiger partial charge is 0.457 e. The Morgan fingerprint density at radius 1 is 0.900 bits per heavy atom. The summed E-state index contributed by atoms with van der Waals surface area (Å²) in [6.45, 7) is 9.00. The molecule has 280 valence electrons. The molecule has 2 aromatic rings. The number of likely N-dealkylation sites (tertiary alicyclic amines) is 2. The van der Waals surface area contributed by atoms with Crippen LogP contribution in [0.3, 0.4) is 0 Å². The van der Waals surface area contributed by atoms with Gasteiger partial charge in [0, 0.05) is 82.6 Å². The van der Waals surface area contributed by atoms with E-state index >= 15 is 0 Å². The van der Waals surface area contributed by atoms with Crippen molar-refractivity contribution in [2.24, 2.45) is 5.92 Å².